The Hall–Kier alpha value is -1.62. The maximum Gasteiger partial charge on any atom is 0.240 e. The predicted octanol–water partition coefficient (Wildman–Crippen LogP) is 0.999. The van der Waals surface area contributed by atoms with Gasteiger partial charge in [-0.1, -0.05) is 6.07 Å². The van der Waals surface area contributed by atoms with Crippen LogP contribution in [0.5, 0.6) is 0 Å². The molecule has 4 nitrogen and oxygen atoms in total. The van der Waals surface area contributed by atoms with Crippen molar-refractivity contribution in [3.8, 4) is 0 Å². The van der Waals surface area contributed by atoms with E-state index >= 15 is 0 Å². The van der Waals surface area contributed by atoms with Crippen LogP contribution in [0.15, 0.2) is 18.2 Å². The predicted molar refractivity (Wildman–Crippen MR) is 68.7 cm³/mol. The lowest BCUT2D eigenvalue weighted by atomic mass is 10.1. The minimum Gasteiger partial charge on any atom is -0.368 e. The maximum atomic E-state index is 13.8. The summed E-state index contributed by atoms with van der Waals surface area (Å²) in [7, 11) is 1.77. The molecule has 1 aromatic rings. The van der Waals surface area contributed by atoms with Crippen molar-refractivity contribution >= 4 is 11.6 Å². The number of carbonyl (C=O) groups is 1. The average Bonchev–Trinajstić information content (AvgIpc) is 2.81. The summed E-state index contributed by atoms with van der Waals surface area (Å²) >= 11 is 0. The lowest BCUT2D eigenvalue weighted by Gasteiger charge is -2.27. The van der Waals surface area contributed by atoms with E-state index in [2.05, 4.69) is 5.32 Å². The third-order valence-corrected chi connectivity index (χ3v) is 3.34. The second kappa shape index (κ2) is 5.35. The Kier molecular flexibility index (Phi) is 3.81. The smallest absolute Gasteiger partial charge is 0.240 e. The largest absolute Gasteiger partial charge is 0.368 e. The van der Waals surface area contributed by atoms with Gasteiger partial charge in [0.25, 0.3) is 0 Å². The molecule has 0 aromatic heterocycles. The van der Waals surface area contributed by atoms with E-state index in [-0.39, 0.29) is 17.8 Å². The Morgan fingerprint density at radius 1 is 1.61 bits per heavy atom. The van der Waals surface area contributed by atoms with Crippen LogP contribution >= 0.6 is 0 Å². The van der Waals surface area contributed by atoms with Gasteiger partial charge in [0.15, 0.2) is 0 Å². The molecule has 98 valence electrons. The molecule has 1 aliphatic heterocycles. The number of anilines is 1. The van der Waals surface area contributed by atoms with Crippen molar-refractivity contribution in [2.45, 2.75) is 25.4 Å². The summed E-state index contributed by atoms with van der Waals surface area (Å²) in [5.74, 6) is -0.593. The first kappa shape index (κ1) is 12.8. The zero-order valence-corrected chi connectivity index (χ0v) is 10.4. The second-order valence-corrected chi connectivity index (χ2v) is 4.52. The summed E-state index contributed by atoms with van der Waals surface area (Å²) in [4.78, 5) is 13.3. The van der Waals surface area contributed by atoms with Gasteiger partial charge in [0.2, 0.25) is 5.91 Å². The number of nitrogens with zero attached hydrogens (tertiary/aromatic N) is 1. The number of hydrogen-bond donors (Lipinski definition) is 2. The molecule has 0 spiro atoms. The fourth-order valence-corrected chi connectivity index (χ4v) is 2.52. The first-order valence-corrected chi connectivity index (χ1v) is 6.13. The van der Waals surface area contributed by atoms with Crippen molar-refractivity contribution in [1.29, 1.82) is 0 Å². The first-order valence-electron chi connectivity index (χ1n) is 6.13. The summed E-state index contributed by atoms with van der Waals surface area (Å²) < 4.78 is 13.8. The lowest BCUT2D eigenvalue weighted by Crippen LogP contribution is -2.41. The van der Waals surface area contributed by atoms with E-state index in [1.54, 1.807) is 13.1 Å². The van der Waals surface area contributed by atoms with Gasteiger partial charge in [-0.25, -0.2) is 4.39 Å². The summed E-state index contributed by atoms with van der Waals surface area (Å²) in [5, 5.41) is 2.95. The number of nitrogens with one attached hydrogen (secondary N) is 1. The van der Waals surface area contributed by atoms with Gasteiger partial charge in [-0.15, -0.1) is 0 Å². The molecule has 1 amide bonds. The van der Waals surface area contributed by atoms with Gasteiger partial charge in [0, 0.05) is 24.3 Å². The number of amides is 1. The average molecular weight is 251 g/mol. The molecule has 1 atom stereocenters. The highest BCUT2D eigenvalue weighted by atomic mass is 19.1. The molecule has 1 heterocycles. The molecule has 1 unspecified atom stereocenters. The summed E-state index contributed by atoms with van der Waals surface area (Å²) in [6.07, 6.45) is 1.65. The normalized spacial score (nSPS) is 19.2. The zero-order valence-electron chi connectivity index (χ0n) is 10.4. The molecule has 18 heavy (non-hydrogen) atoms. The number of hydrogen-bond acceptors (Lipinski definition) is 3. The standard InChI is InChI=1S/C13H18FN3O/c1-16-8-9-10(14)4-2-5-11(9)17-7-3-6-12(17)13(15)18/h2,4-5,12,16H,3,6-8H2,1H3,(H2,15,18). The Labute approximate surface area is 106 Å². The molecule has 5 heteroatoms. The summed E-state index contributed by atoms with van der Waals surface area (Å²) in [5.41, 5.74) is 6.76. The number of benzene rings is 1. The van der Waals surface area contributed by atoms with E-state index in [9.17, 15) is 9.18 Å². The Bertz CT molecular complexity index is 450. The van der Waals surface area contributed by atoms with E-state index in [1.165, 1.54) is 6.07 Å². The zero-order chi connectivity index (χ0) is 13.1. The van der Waals surface area contributed by atoms with Crippen molar-refractivity contribution < 1.29 is 9.18 Å². The number of carbonyl (C=O) groups excluding carboxylic acids is 1. The van der Waals surface area contributed by atoms with Crippen LogP contribution in [-0.2, 0) is 11.3 Å². The summed E-state index contributed by atoms with van der Waals surface area (Å²) in [6.45, 7) is 1.18. The molecular formula is C13H18FN3O. The van der Waals surface area contributed by atoms with E-state index in [0.29, 0.717) is 12.1 Å². The molecule has 0 radical (unpaired) electrons. The third kappa shape index (κ3) is 2.31. The van der Waals surface area contributed by atoms with E-state index in [1.807, 2.05) is 11.0 Å². The van der Waals surface area contributed by atoms with Crippen LogP contribution < -0.4 is 16.0 Å². The Morgan fingerprint density at radius 2 is 2.39 bits per heavy atom. The first-order chi connectivity index (χ1) is 8.65. The SMILES string of the molecule is CNCc1c(F)cccc1N1CCCC1C(N)=O. The minimum absolute atomic E-state index is 0.253. The molecule has 1 aliphatic rings. The van der Waals surface area contributed by atoms with Gasteiger partial charge >= 0.3 is 0 Å². The van der Waals surface area contributed by atoms with E-state index in [0.717, 1.165) is 25.1 Å². The maximum absolute atomic E-state index is 13.8. The van der Waals surface area contributed by atoms with Gasteiger partial charge in [0.05, 0.1) is 0 Å². The van der Waals surface area contributed by atoms with Crippen molar-refractivity contribution in [3.63, 3.8) is 0 Å². The monoisotopic (exact) mass is 251 g/mol. The van der Waals surface area contributed by atoms with Crippen LogP contribution in [0.1, 0.15) is 18.4 Å². The topological polar surface area (TPSA) is 58.4 Å². The quantitative estimate of drug-likeness (QED) is 0.839. The molecule has 0 bridgehead atoms. The highest BCUT2D eigenvalue weighted by Crippen LogP contribution is 2.30. The van der Waals surface area contributed by atoms with Gasteiger partial charge in [-0.05, 0) is 32.0 Å². The molecule has 3 N–H and O–H groups in total. The van der Waals surface area contributed by atoms with Gasteiger partial charge in [-0.2, -0.15) is 0 Å². The van der Waals surface area contributed by atoms with Crippen LogP contribution in [0.25, 0.3) is 0 Å². The molecule has 0 saturated carbocycles. The van der Waals surface area contributed by atoms with Crippen molar-refractivity contribution in [2.75, 3.05) is 18.5 Å². The number of primary amides is 1. The molecular weight excluding hydrogens is 233 g/mol. The summed E-state index contributed by atoms with van der Waals surface area (Å²) in [6, 6.07) is 4.63. The van der Waals surface area contributed by atoms with Gasteiger partial charge in [-0.3, -0.25) is 4.79 Å². The highest BCUT2D eigenvalue weighted by Gasteiger charge is 2.30. The molecule has 0 aliphatic carbocycles. The fraction of sp³-hybridized carbons (Fsp3) is 0.462. The van der Waals surface area contributed by atoms with Gasteiger partial charge < -0.3 is 16.0 Å². The van der Waals surface area contributed by atoms with Gasteiger partial charge in [0.1, 0.15) is 11.9 Å². The van der Waals surface area contributed by atoms with Crippen LogP contribution in [-0.4, -0.2) is 25.5 Å². The lowest BCUT2D eigenvalue weighted by molar-refractivity contribution is -0.119. The van der Waals surface area contributed by atoms with E-state index in [4.69, 9.17) is 5.73 Å². The van der Waals surface area contributed by atoms with Crippen molar-refractivity contribution in [3.05, 3.63) is 29.6 Å². The Morgan fingerprint density at radius 3 is 3.06 bits per heavy atom. The van der Waals surface area contributed by atoms with Crippen LogP contribution in [0.4, 0.5) is 10.1 Å². The number of rotatable bonds is 4. The fourth-order valence-electron chi connectivity index (χ4n) is 2.52. The van der Waals surface area contributed by atoms with E-state index < -0.39 is 0 Å². The second-order valence-electron chi connectivity index (χ2n) is 4.52. The molecule has 1 aromatic carbocycles. The third-order valence-electron chi connectivity index (χ3n) is 3.34. The molecule has 2 rings (SSSR count). The Balaban J connectivity index is 2.37. The highest BCUT2D eigenvalue weighted by molar-refractivity contribution is 5.84. The van der Waals surface area contributed by atoms with Crippen LogP contribution in [0.2, 0.25) is 0 Å². The van der Waals surface area contributed by atoms with Crippen molar-refractivity contribution in [2.24, 2.45) is 5.73 Å². The minimum atomic E-state index is -0.341. The van der Waals surface area contributed by atoms with Crippen LogP contribution in [0.3, 0.4) is 0 Å². The molecule has 1 fully saturated rings. The molecule has 1 saturated heterocycles. The number of nitrogens with two attached hydrogens (primary N) is 1. The number of halogens is 1. The van der Waals surface area contributed by atoms with Crippen LogP contribution in [0, 0.1) is 5.82 Å². The van der Waals surface area contributed by atoms with Crippen molar-refractivity contribution in [1.82, 2.24) is 5.32 Å².